The zero-order valence-electron chi connectivity index (χ0n) is 21.9. The average molecular weight is 524 g/mol. The summed E-state index contributed by atoms with van der Waals surface area (Å²) in [7, 11) is 0. The van der Waals surface area contributed by atoms with Gasteiger partial charge in [-0.25, -0.2) is 0 Å². The monoisotopic (exact) mass is 524 g/mol. The van der Waals surface area contributed by atoms with Crippen LogP contribution in [-0.2, 0) is 0 Å². The minimum absolute atomic E-state index is 0.0326. The molecule has 0 saturated heterocycles. The predicted octanol–water partition coefficient (Wildman–Crippen LogP) is 6.84. The number of rotatable bonds is 2. The molecule has 190 valence electrons. The Kier molecular flexibility index (Phi) is 4.67. The number of para-hydroxylation sites is 2. The third-order valence-electron chi connectivity index (χ3n) is 8.32. The average Bonchev–Trinajstić information content (AvgIpc) is 3.04. The lowest BCUT2D eigenvalue weighted by Crippen LogP contribution is -2.57. The molecule has 9 rings (SSSR count). The number of fused-ring (bicyclic) bond motifs is 6. The highest BCUT2D eigenvalue weighted by atomic mass is 16.5. The standard InChI is InChI=1S/C36H21BN2O2/c1-3-8-30-26(6-1)24(16-18-38-30)22-12-14-32-28(20-22)37-29-21-23(25-17-19-39-31-9-4-2-7-27(25)31)13-15-33(29)41-35-11-5-10-34(40-32)36(35)37/h1-21H. The molecule has 0 saturated carbocycles. The van der Waals surface area contributed by atoms with Crippen molar-refractivity contribution >= 4 is 44.9 Å². The molecule has 2 aromatic heterocycles. The number of pyridine rings is 2. The van der Waals surface area contributed by atoms with E-state index < -0.39 is 0 Å². The van der Waals surface area contributed by atoms with Crippen molar-refractivity contribution in [3.63, 3.8) is 0 Å². The SMILES string of the molecule is c1cc2c3c(c1)Oc1ccc(-c4ccnc5ccccc45)cc1B3c1cc(-c3ccnc4ccccc34)ccc1O2. The first-order valence-electron chi connectivity index (χ1n) is 13.8. The summed E-state index contributed by atoms with van der Waals surface area (Å²) in [5.41, 5.74) is 9.88. The molecule has 0 bridgehead atoms. The fraction of sp³-hybridized carbons (Fsp3) is 0. The fourth-order valence-corrected chi connectivity index (χ4v) is 6.47. The first-order valence-corrected chi connectivity index (χ1v) is 13.8. The number of aromatic nitrogens is 2. The summed E-state index contributed by atoms with van der Waals surface area (Å²) in [6.45, 7) is -0.0326. The van der Waals surface area contributed by atoms with Gasteiger partial charge in [-0.05, 0) is 81.7 Å². The van der Waals surface area contributed by atoms with Crippen molar-refractivity contribution in [2.24, 2.45) is 0 Å². The predicted molar refractivity (Wildman–Crippen MR) is 166 cm³/mol. The Morgan fingerprint density at radius 3 is 1.51 bits per heavy atom. The van der Waals surface area contributed by atoms with Crippen molar-refractivity contribution in [2.75, 3.05) is 0 Å². The summed E-state index contributed by atoms with van der Waals surface area (Å²) in [6, 6.07) is 39.9. The quantitative estimate of drug-likeness (QED) is 0.232. The van der Waals surface area contributed by atoms with Gasteiger partial charge >= 0.3 is 0 Å². The first kappa shape index (κ1) is 22.4. The maximum Gasteiger partial charge on any atom is 0.260 e. The van der Waals surface area contributed by atoms with Crippen molar-refractivity contribution in [3.05, 3.63) is 128 Å². The largest absolute Gasteiger partial charge is 0.458 e. The van der Waals surface area contributed by atoms with E-state index in [-0.39, 0.29) is 6.71 Å². The molecule has 41 heavy (non-hydrogen) atoms. The maximum absolute atomic E-state index is 6.49. The third-order valence-corrected chi connectivity index (χ3v) is 8.32. The molecule has 2 aliphatic rings. The molecule has 7 aromatic rings. The van der Waals surface area contributed by atoms with Gasteiger partial charge in [0.2, 0.25) is 0 Å². The summed E-state index contributed by atoms with van der Waals surface area (Å²) >= 11 is 0. The van der Waals surface area contributed by atoms with Crippen LogP contribution in [0.5, 0.6) is 23.0 Å². The van der Waals surface area contributed by atoms with E-state index in [0.717, 1.165) is 83.4 Å². The molecular weight excluding hydrogens is 503 g/mol. The topological polar surface area (TPSA) is 44.2 Å². The van der Waals surface area contributed by atoms with Gasteiger partial charge in [0.25, 0.3) is 6.71 Å². The zero-order chi connectivity index (χ0) is 26.9. The summed E-state index contributed by atoms with van der Waals surface area (Å²) < 4.78 is 13.0. The van der Waals surface area contributed by atoms with Crippen LogP contribution in [0.15, 0.2) is 128 Å². The molecule has 0 unspecified atom stereocenters. The molecular formula is C36H21BN2O2. The number of nitrogens with zero attached hydrogens (tertiary/aromatic N) is 2. The second kappa shape index (κ2) is 8.54. The molecule has 0 atom stereocenters. The highest BCUT2D eigenvalue weighted by Gasteiger charge is 2.40. The first-order chi connectivity index (χ1) is 20.3. The van der Waals surface area contributed by atoms with Crippen LogP contribution in [0.4, 0.5) is 0 Å². The second-order valence-corrected chi connectivity index (χ2v) is 10.6. The Hall–Kier alpha value is -5.42. The summed E-state index contributed by atoms with van der Waals surface area (Å²) in [5, 5.41) is 2.26. The minimum Gasteiger partial charge on any atom is -0.458 e. The van der Waals surface area contributed by atoms with E-state index in [9.17, 15) is 0 Å². The normalized spacial score (nSPS) is 12.7. The van der Waals surface area contributed by atoms with Crippen LogP contribution in [-0.4, -0.2) is 16.7 Å². The molecule has 5 aromatic carbocycles. The number of benzene rings is 5. The molecule has 0 N–H and O–H groups in total. The van der Waals surface area contributed by atoms with E-state index >= 15 is 0 Å². The smallest absolute Gasteiger partial charge is 0.260 e. The Morgan fingerprint density at radius 1 is 0.463 bits per heavy atom. The van der Waals surface area contributed by atoms with E-state index in [1.54, 1.807) is 0 Å². The van der Waals surface area contributed by atoms with Gasteiger partial charge in [0, 0.05) is 28.6 Å². The van der Waals surface area contributed by atoms with Crippen molar-refractivity contribution in [1.82, 2.24) is 9.97 Å². The molecule has 0 amide bonds. The van der Waals surface area contributed by atoms with Gasteiger partial charge in [-0.2, -0.15) is 0 Å². The van der Waals surface area contributed by atoms with Gasteiger partial charge in [0.05, 0.1) is 11.0 Å². The Labute approximate surface area is 237 Å². The lowest BCUT2D eigenvalue weighted by atomic mass is 9.34. The Bertz CT molecular complexity index is 2030. The van der Waals surface area contributed by atoms with E-state index in [4.69, 9.17) is 9.47 Å². The van der Waals surface area contributed by atoms with Gasteiger partial charge in [-0.1, -0.05) is 66.7 Å². The van der Waals surface area contributed by atoms with E-state index in [0.29, 0.717) is 0 Å². The van der Waals surface area contributed by atoms with Crippen LogP contribution in [0, 0.1) is 0 Å². The molecule has 0 fully saturated rings. The minimum atomic E-state index is -0.0326. The molecule has 0 radical (unpaired) electrons. The van der Waals surface area contributed by atoms with Crippen LogP contribution in [0.25, 0.3) is 44.1 Å². The second-order valence-electron chi connectivity index (χ2n) is 10.6. The van der Waals surface area contributed by atoms with Crippen molar-refractivity contribution in [3.8, 4) is 45.3 Å². The fourth-order valence-electron chi connectivity index (χ4n) is 6.47. The lowest BCUT2D eigenvalue weighted by molar-refractivity contribution is 0.464. The van der Waals surface area contributed by atoms with Crippen LogP contribution in [0.3, 0.4) is 0 Å². The maximum atomic E-state index is 6.49. The zero-order valence-corrected chi connectivity index (χ0v) is 21.9. The number of hydrogen-bond donors (Lipinski definition) is 0. The van der Waals surface area contributed by atoms with E-state index in [1.165, 1.54) is 0 Å². The van der Waals surface area contributed by atoms with Crippen molar-refractivity contribution in [2.45, 2.75) is 0 Å². The van der Waals surface area contributed by atoms with E-state index in [2.05, 4.69) is 94.9 Å². The lowest BCUT2D eigenvalue weighted by Gasteiger charge is -2.33. The van der Waals surface area contributed by atoms with Gasteiger partial charge < -0.3 is 9.47 Å². The molecule has 4 heterocycles. The molecule has 0 spiro atoms. The summed E-state index contributed by atoms with van der Waals surface area (Å²) in [5.74, 6) is 3.42. The van der Waals surface area contributed by atoms with Crippen LogP contribution in [0.2, 0.25) is 0 Å². The van der Waals surface area contributed by atoms with Gasteiger partial charge in [0.1, 0.15) is 23.0 Å². The van der Waals surface area contributed by atoms with Gasteiger partial charge in [-0.15, -0.1) is 0 Å². The molecule has 4 nitrogen and oxygen atoms in total. The van der Waals surface area contributed by atoms with Crippen molar-refractivity contribution in [1.29, 1.82) is 0 Å². The molecule has 5 heteroatoms. The molecule has 2 aliphatic heterocycles. The van der Waals surface area contributed by atoms with Crippen LogP contribution in [0.1, 0.15) is 0 Å². The van der Waals surface area contributed by atoms with Crippen LogP contribution < -0.4 is 25.9 Å². The summed E-state index contributed by atoms with van der Waals surface area (Å²) in [4.78, 5) is 9.16. The highest BCUT2D eigenvalue weighted by molar-refractivity contribution is 6.98. The van der Waals surface area contributed by atoms with Gasteiger partial charge in [-0.3, -0.25) is 9.97 Å². The Morgan fingerprint density at radius 2 is 0.976 bits per heavy atom. The summed E-state index contributed by atoms with van der Waals surface area (Å²) in [6.07, 6.45) is 3.77. The third kappa shape index (κ3) is 3.36. The number of hydrogen-bond acceptors (Lipinski definition) is 4. The Balaban J connectivity index is 1.27. The van der Waals surface area contributed by atoms with E-state index in [1.807, 2.05) is 42.7 Å². The highest BCUT2D eigenvalue weighted by Crippen LogP contribution is 2.37. The van der Waals surface area contributed by atoms with Crippen molar-refractivity contribution < 1.29 is 9.47 Å². The van der Waals surface area contributed by atoms with Crippen LogP contribution >= 0.6 is 0 Å². The molecule has 0 aliphatic carbocycles. The number of ether oxygens (including phenoxy) is 2. The van der Waals surface area contributed by atoms with Gasteiger partial charge in [0.15, 0.2) is 0 Å².